The Balaban J connectivity index is 3.11. The molecule has 0 saturated heterocycles. The highest BCUT2D eigenvalue weighted by Crippen LogP contribution is 2.26. The summed E-state index contributed by atoms with van der Waals surface area (Å²) in [4.78, 5) is 22.3. The molecule has 0 spiro atoms. The molecule has 0 fully saturated rings. The summed E-state index contributed by atoms with van der Waals surface area (Å²) in [5.74, 6) is -4.42. The molecule has 4 N–H and O–H groups in total. The van der Waals surface area contributed by atoms with Gasteiger partial charge in [0.1, 0.15) is 24.3 Å². The average Bonchev–Trinajstić information content (AvgIpc) is 2.45. The largest absolute Gasteiger partial charge is 0.544 e. The highest BCUT2D eigenvalue weighted by molar-refractivity contribution is 5.77. The van der Waals surface area contributed by atoms with Crippen LogP contribution in [0.2, 0.25) is 0 Å². The van der Waals surface area contributed by atoms with Gasteiger partial charge in [-0.2, -0.15) is 0 Å². The first-order chi connectivity index (χ1) is 9.77. The van der Waals surface area contributed by atoms with Crippen LogP contribution in [0.25, 0.3) is 0 Å². The molecule has 0 unspecified atom stereocenters. The second kappa shape index (κ2) is 6.96. The Morgan fingerprint density at radius 3 is 2.57 bits per heavy atom. The lowest BCUT2D eigenvalue weighted by molar-refractivity contribution is -0.356. The number of carboxylic acids is 1. The van der Waals surface area contributed by atoms with E-state index in [4.69, 9.17) is 14.6 Å². The van der Waals surface area contributed by atoms with Gasteiger partial charge in [0, 0.05) is 14.0 Å². The molecule has 1 amide bonds. The van der Waals surface area contributed by atoms with Gasteiger partial charge in [-0.25, -0.2) is 0 Å². The molecule has 0 aliphatic carbocycles. The van der Waals surface area contributed by atoms with Crippen LogP contribution in [0, 0.1) is 0 Å². The van der Waals surface area contributed by atoms with E-state index in [2.05, 4.69) is 5.32 Å². The zero-order valence-electron chi connectivity index (χ0n) is 11.6. The van der Waals surface area contributed by atoms with E-state index in [1.54, 1.807) is 0 Å². The number of amides is 1. The Morgan fingerprint density at radius 2 is 2.14 bits per heavy atom. The standard InChI is InChI=1S/C12H19NO8/c1-6(15)13-7-3-4-12(20-2,11(18)19)21-10(7)9(17)8(16)5-14/h3-4,7-10,14,16-17H,5H2,1-2H3,(H,13,15)(H,18,19)/p-1/t7-,8-,9-,10-,12-/m1/s1. The van der Waals surface area contributed by atoms with Crippen molar-refractivity contribution in [3.63, 3.8) is 0 Å². The number of aliphatic hydroxyl groups is 3. The van der Waals surface area contributed by atoms with Crippen LogP contribution >= 0.6 is 0 Å². The number of carbonyl (C=O) groups excluding carboxylic acids is 2. The number of carboxylic acid groups (broad SMARTS) is 1. The predicted molar refractivity (Wildman–Crippen MR) is 65.5 cm³/mol. The molecule has 1 heterocycles. The van der Waals surface area contributed by atoms with Gasteiger partial charge in [-0.1, -0.05) is 6.08 Å². The van der Waals surface area contributed by atoms with E-state index in [1.165, 1.54) is 13.0 Å². The summed E-state index contributed by atoms with van der Waals surface area (Å²) < 4.78 is 9.92. The number of aliphatic carboxylic acids is 1. The minimum absolute atomic E-state index is 0.456. The topological polar surface area (TPSA) is 148 Å². The molecule has 120 valence electrons. The van der Waals surface area contributed by atoms with E-state index in [0.29, 0.717) is 0 Å². The van der Waals surface area contributed by atoms with Gasteiger partial charge in [-0.15, -0.1) is 0 Å². The van der Waals surface area contributed by atoms with Gasteiger partial charge in [0.05, 0.1) is 12.6 Å². The van der Waals surface area contributed by atoms with Crippen molar-refractivity contribution in [2.75, 3.05) is 13.7 Å². The number of rotatable bonds is 6. The normalized spacial score (nSPS) is 31.5. The molecular formula is C12H18NO8-. The lowest BCUT2D eigenvalue weighted by atomic mass is 9.96. The Morgan fingerprint density at radius 1 is 1.52 bits per heavy atom. The minimum Gasteiger partial charge on any atom is -0.544 e. The molecular weight excluding hydrogens is 286 g/mol. The minimum atomic E-state index is -2.25. The molecule has 1 aliphatic rings. The molecule has 9 heteroatoms. The van der Waals surface area contributed by atoms with E-state index < -0.39 is 48.6 Å². The zero-order chi connectivity index (χ0) is 16.2. The van der Waals surface area contributed by atoms with E-state index in [9.17, 15) is 24.9 Å². The van der Waals surface area contributed by atoms with Crippen LogP contribution in [0.5, 0.6) is 0 Å². The highest BCUT2D eigenvalue weighted by atomic mass is 16.7. The monoisotopic (exact) mass is 304 g/mol. The van der Waals surface area contributed by atoms with Gasteiger partial charge in [0.2, 0.25) is 11.7 Å². The molecule has 5 atom stereocenters. The molecule has 0 aromatic carbocycles. The number of hydrogen-bond acceptors (Lipinski definition) is 8. The highest BCUT2D eigenvalue weighted by Gasteiger charge is 2.44. The fraction of sp³-hybridized carbons (Fsp3) is 0.667. The van der Waals surface area contributed by atoms with Crippen molar-refractivity contribution in [3.05, 3.63) is 12.2 Å². The third-order valence-electron chi connectivity index (χ3n) is 3.06. The summed E-state index contributed by atoms with van der Waals surface area (Å²) in [5.41, 5.74) is 0. The molecule has 9 nitrogen and oxygen atoms in total. The van der Waals surface area contributed by atoms with Crippen LogP contribution in [-0.2, 0) is 19.1 Å². The molecule has 1 aliphatic heterocycles. The number of carbonyl (C=O) groups is 2. The Labute approximate surface area is 120 Å². The summed E-state index contributed by atoms with van der Waals surface area (Å²) in [6, 6.07) is -0.915. The molecule has 21 heavy (non-hydrogen) atoms. The van der Waals surface area contributed by atoms with Crippen molar-refractivity contribution < 1.29 is 39.5 Å². The van der Waals surface area contributed by atoms with Gasteiger partial charge < -0.3 is 40.0 Å². The van der Waals surface area contributed by atoms with E-state index in [1.807, 2.05) is 0 Å². The SMILES string of the molecule is CO[C@]1(C(=O)[O-])C=C[C@@H](NC(C)=O)[C@H]([C@H](O)[C@H](O)CO)O1. The number of aliphatic hydroxyl groups excluding tert-OH is 3. The van der Waals surface area contributed by atoms with Gasteiger partial charge in [-0.3, -0.25) is 4.79 Å². The molecule has 0 aromatic rings. The number of methoxy groups -OCH3 is 1. The number of ether oxygens (including phenoxy) is 2. The van der Waals surface area contributed by atoms with Crippen molar-refractivity contribution in [1.82, 2.24) is 5.32 Å². The third-order valence-corrected chi connectivity index (χ3v) is 3.06. The van der Waals surface area contributed by atoms with E-state index >= 15 is 0 Å². The fourth-order valence-corrected chi connectivity index (χ4v) is 1.94. The van der Waals surface area contributed by atoms with Crippen molar-refractivity contribution in [2.24, 2.45) is 0 Å². The van der Waals surface area contributed by atoms with Gasteiger partial charge in [0.25, 0.3) is 0 Å². The van der Waals surface area contributed by atoms with Crippen molar-refractivity contribution >= 4 is 11.9 Å². The Bertz CT molecular complexity index is 425. The maximum absolute atomic E-state index is 11.2. The number of nitrogens with one attached hydrogen (secondary N) is 1. The van der Waals surface area contributed by atoms with Gasteiger partial charge >= 0.3 is 0 Å². The molecule has 0 aromatic heterocycles. The lowest BCUT2D eigenvalue weighted by Gasteiger charge is -2.42. The van der Waals surface area contributed by atoms with Crippen molar-refractivity contribution in [2.45, 2.75) is 37.1 Å². The van der Waals surface area contributed by atoms with Crippen LogP contribution in [0.15, 0.2) is 12.2 Å². The van der Waals surface area contributed by atoms with Crippen LogP contribution in [0.3, 0.4) is 0 Å². The van der Waals surface area contributed by atoms with Gasteiger partial charge in [-0.05, 0) is 6.08 Å². The second-order valence-corrected chi connectivity index (χ2v) is 4.57. The number of hydrogen-bond donors (Lipinski definition) is 4. The summed E-state index contributed by atoms with van der Waals surface area (Å²) in [7, 11) is 1.06. The Hall–Kier alpha value is -1.52. The summed E-state index contributed by atoms with van der Waals surface area (Å²) in [6.07, 6.45) is -2.33. The van der Waals surface area contributed by atoms with Crippen LogP contribution in [-0.4, -0.2) is 71.1 Å². The summed E-state index contributed by atoms with van der Waals surface area (Å²) in [6.45, 7) is 0.444. The van der Waals surface area contributed by atoms with Crippen LogP contribution in [0.1, 0.15) is 6.92 Å². The van der Waals surface area contributed by atoms with E-state index in [0.717, 1.165) is 13.2 Å². The molecule has 0 saturated carbocycles. The van der Waals surface area contributed by atoms with Crippen molar-refractivity contribution in [3.8, 4) is 0 Å². The first-order valence-corrected chi connectivity index (χ1v) is 6.15. The predicted octanol–water partition coefficient (Wildman–Crippen LogP) is -3.75. The van der Waals surface area contributed by atoms with Gasteiger partial charge in [0.15, 0.2) is 0 Å². The average molecular weight is 304 g/mol. The molecule has 0 radical (unpaired) electrons. The van der Waals surface area contributed by atoms with Crippen LogP contribution < -0.4 is 10.4 Å². The maximum atomic E-state index is 11.2. The maximum Gasteiger partial charge on any atom is 0.230 e. The van der Waals surface area contributed by atoms with E-state index in [-0.39, 0.29) is 0 Å². The molecule has 1 rings (SSSR count). The smallest absolute Gasteiger partial charge is 0.230 e. The van der Waals surface area contributed by atoms with Crippen LogP contribution in [0.4, 0.5) is 0 Å². The molecule has 0 bridgehead atoms. The second-order valence-electron chi connectivity index (χ2n) is 4.57. The summed E-state index contributed by atoms with van der Waals surface area (Å²) >= 11 is 0. The fourth-order valence-electron chi connectivity index (χ4n) is 1.94. The zero-order valence-corrected chi connectivity index (χ0v) is 11.6. The lowest BCUT2D eigenvalue weighted by Crippen LogP contribution is -2.62. The first kappa shape index (κ1) is 17.5. The Kier molecular flexibility index (Phi) is 5.81. The van der Waals surface area contributed by atoms with Crippen molar-refractivity contribution in [1.29, 1.82) is 0 Å². The summed E-state index contributed by atoms with van der Waals surface area (Å²) in [5, 5.41) is 41.9. The first-order valence-electron chi connectivity index (χ1n) is 6.15. The quantitative estimate of drug-likeness (QED) is 0.366. The third kappa shape index (κ3) is 3.77.